The molecule has 1 aromatic heterocycles. The Kier molecular flexibility index (Phi) is 6.52. The second-order valence-corrected chi connectivity index (χ2v) is 7.45. The highest BCUT2D eigenvalue weighted by atomic mass is 16.5. The van der Waals surface area contributed by atoms with Crippen molar-refractivity contribution in [3.8, 4) is 11.5 Å². The number of anilines is 3. The van der Waals surface area contributed by atoms with Crippen LogP contribution in [0.2, 0.25) is 0 Å². The minimum absolute atomic E-state index is 0.832. The number of aromatic nitrogens is 1. The zero-order valence-corrected chi connectivity index (χ0v) is 18.6. The van der Waals surface area contributed by atoms with Crippen LogP contribution in [0.4, 0.5) is 17.1 Å². The number of pyridine rings is 1. The van der Waals surface area contributed by atoms with Gasteiger partial charge in [0, 0.05) is 29.2 Å². The summed E-state index contributed by atoms with van der Waals surface area (Å²) in [6.07, 6.45) is 8.35. The van der Waals surface area contributed by atoms with E-state index in [1.165, 1.54) is 5.56 Å². The molecule has 0 fully saturated rings. The normalized spacial score (nSPS) is 10.8. The van der Waals surface area contributed by atoms with Crippen LogP contribution in [-0.4, -0.2) is 14.2 Å². The fourth-order valence-corrected chi connectivity index (χ4v) is 3.46. The lowest BCUT2D eigenvalue weighted by molar-refractivity contribution is -0.671. The van der Waals surface area contributed by atoms with Crippen LogP contribution in [0.3, 0.4) is 0 Å². The molecule has 4 nitrogen and oxygen atoms in total. The number of hydrogen-bond acceptors (Lipinski definition) is 3. The second kappa shape index (κ2) is 9.84. The molecule has 4 rings (SSSR count). The molecule has 0 radical (unpaired) electrons. The van der Waals surface area contributed by atoms with Crippen molar-refractivity contribution >= 4 is 29.2 Å². The van der Waals surface area contributed by atoms with Gasteiger partial charge in [-0.3, -0.25) is 0 Å². The molecule has 0 N–H and O–H groups in total. The summed E-state index contributed by atoms with van der Waals surface area (Å²) < 4.78 is 12.7. The van der Waals surface area contributed by atoms with Gasteiger partial charge in [-0.05, 0) is 71.8 Å². The summed E-state index contributed by atoms with van der Waals surface area (Å²) in [5.41, 5.74) is 5.49. The van der Waals surface area contributed by atoms with E-state index in [9.17, 15) is 0 Å². The van der Waals surface area contributed by atoms with E-state index in [-0.39, 0.29) is 0 Å². The lowest BCUT2D eigenvalue weighted by Crippen LogP contribution is -2.25. The maximum Gasteiger partial charge on any atom is 0.169 e. The third kappa shape index (κ3) is 4.98. The van der Waals surface area contributed by atoms with Gasteiger partial charge in [-0.25, -0.2) is 4.57 Å². The molecular formula is C28H27N2O2+. The average Bonchev–Trinajstić information content (AvgIpc) is 2.85. The zero-order valence-electron chi connectivity index (χ0n) is 18.6. The van der Waals surface area contributed by atoms with Crippen molar-refractivity contribution in [2.45, 2.75) is 0 Å². The Bertz CT molecular complexity index is 1120. The summed E-state index contributed by atoms with van der Waals surface area (Å²) in [5, 5.41) is 0. The van der Waals surface area contributed by atoms with Crippen molar-refractivity contribution in [3.05, 3.63) is 108 Å². The van der Waals surface area contributed by atoms with Crippen LogP contribution in [0.5, 0.6) is 11.5 Å². The lowest BCUT2D eigenvalue weighted by atomic mass is 10.1. The van der Waals surface area contributed by atoms with E-state index in [1.54, 1.807) is 14.2 Å². The smallest absolute Gasteiger partial charge is 0.169 e. The van der Waals surface area contributed by atoms with Gasteiger partial charge in [-0.2, -0.15) is 0 Å². The number of hydrogen-bond donors (Lipinski definition) is 0. The number of benzene rings is 3. The van der Waals surface area contributed by atoms with Gasteiger partial charge in [-0.15, -0.1) is 0 Å². The molecule has 0 aliphatic heterocycles. The first-order valence-electron chi connectivity index (χ1n) is 10.5. The largest absolute Gasteiger partial charge is 0.497 e. The minimum Gasteiger partial charge on any atom is -0.497 e. The molecule has 160 valence electrons. The SMILES string of the molecule is COc1ccc(N(c2ccc(C=Cc3cc[n+](C)cc3)cc2)c2ccc(OC)cc2)cc1. The van der Waals surface area contributed by atoms with E-state index in [2.05, 4.69) is 77.7 Å². The van der Waals surface area contributed by atoms with Crippen molar-refractivity contribution in [2.24, 2.45) is 7.05 Å². The van der Waals surface area contributed by atoms with Gasteiger partial charge in [0.15, 0.2) is 12.4 Å². The molecule has 0 aliphatic rings. The topological polar surface area (TPSA) is 25.6 Å². The molecule has 0 bridgehead atoms. The Hall–Kier alpha value is -4.05. The van der Waals surface area contributed by atoms with Crippen molar-refractivity contribution in [1.82, 2.24) is 0 Å². The van der Waals surface area contributed by atoms with E-state index < -0.39 is 0 Å². The Morgan fingerprint density at radius 1 is 0.562 bits per heavy atom. The third-order valence-corrected chi connectivity index (χ3v) is 5.29. The van der Waals surface area contributed by atoms with E-state index in [4.69, 9.17) is 9.47 Å². The number of nitrogens with zero attached hydrogens (tertiary/aromatic N) is 2. The summed E-state index contributed by atoms with van der Waals surface area (Å²) in [6.45, 7) is 0. The summed E-state index contributed by atoms with van der Waals surface area (Å²) in [6, 6.07) is 28.9. The lowest BCUT2D eigenvalue weighted by Gasteiger charge is -2.26. The molecule has 32 heavy (non-hydrogen) atoms. The summed E-state index contributed by atoms with van der Waals surface area (Å²) >= 11 is 0. The Morgan fingerprint density at radius 3 is 1.34 bits per heavy atom. The van der Waals surface area contributed by atoms with Crippen molar-refractivity contribution in [3.63, 3.8) is 0 Å². The first-order chi connectivity index (χ1) is 15.7. The van der Waals surface area contributed by atoms with E-state index >= 15 is 0 Å². The van der Waals surface area contributed by atoms with Crippen molar-refractivity contribution < 1.29 is 14.0 Å². The van der Waals surface area contributed by atoms with Crippen molar-refractivity contribution in [1.29, 1.82) is 0 Å². The van der Waals surface area contributed by atoms with Crippen molar-refractivity contribution in [2.75, 3.05) is 19.1 Å². The molecule has 3 aromatic carbocycles. The standard InChI is InChI=1S/C28H27N2O2/c1-29-20-18-23(19-21-29)5-4-22-6-8-24(9-7-22)30(25-10-14-27(31-2)15-11-25)26-12-16-28(32-3)17-13-26/h4-21H,1-3H3/q+1. The van der Waals surface area contributed by atoms with Gasteiger partial charge in [0.2, 0.25) is 0 Å². The Labute approximate surface area is 189 Å². The molecular weight excluding hydrogens is 396 g/mol. The molecule has 0 saturated carbocycles. The number of rotatable bonds is 7. The van der Waals surface area contributed by atoms with E-state index in [1.807, 2.05) is 48.3 Å². The molecule has 0 amide bonds. The van der Waals surface area contributed by atoms with Gasteiger partial charge < -0.3 is 14.4 Å². The maximum atomic E-state index is 5.33. The summed E-state index contributed by atoms with van der Waals surface area (Å²) in [7, 11) is 5.37. The van der Waals surface area contributed by atoms with Crippen LogP contribution in [0.15, 0.2) is 97.3 Å². The van der Waals surface area contributed by atoms with Gasteiger partial charge in [0.25, 0.3) is 0 Å². The molecule has 0 saturated heterocycles. The molecule has 1 heterocycles. The number of methoxy groups -OCH3 is 2. The highest BCUT2D eigenvalue weighted by molar-refractivity contribution is 5.78. The van der Waals surface area contributed by atoms with E-state index in [0.29, 0.717) is 0 Å². The average molecular weight is 424 g/mol. The fraction of sp³-hybridized carbons (Fsp3) is 0.107. The molecule has 0 spiro atoms. The molecule has 4 heteroatoms. The molecule has 0 atom stereocenters. The zero-order chi connectivity index (χ0) is 22.3. The Morgan fingerprint density at radius 2 is 0.938 bits per heavy atom. The first kappa shape index (κ1) is 21.2. The van der Waals surface area contributed by atoms with Gasteiger partial charge >= 0.3 is 0 Å². The fourth-order valence-electron chi connectivity index (χ4n) is 3.46. The van der Waals surface area contributed by atoms with Crippen LogP contribution in [0.25, 0.3) is 12.2 Å². The van der Waals surface area contributed by atoms with E-state index in [0.717, 1.165) is 34.1 Å². The second-order valence-electron chi connectivity index (χ2n) is 7.45. The Balaban J connectivity index is 1.64. The predicted octanol–water partition coefficient (Wildman–Crippen LogP) is 6.17. The molecule has 4 aromatic rings. The van der Waals surface area contributed by atoms with Crippen LogP contribution in [-0.2, 0) is 7.05 Å². The number of aryl methyl sites for hydroxylation is 1. The first-order valence-corrected chi connectivity index (χ1v) is 10.5. The highest BCUT2D eigenvalue weighted by Gasteiger charge is 2.12. The van der Waals surface area contributed by atoms with Crippen LogP contribution < -0.4 is 18.9 Å². The number of ether oxygens (including phenoxy) is 2. The highest BCUT2D eigenvalue weighted by Crippen LogP contribution is 2.36. The van der Waals surface area contributed by atoms with Crippen LogP contribution in [0.1, 0.15) is 11.1 Å². The van der Waals surface area contributed by atoms with Gasteiger partial charge in [-0.1, -0.05) is 24.3 Å². The van der Waals surface area contributed by atoms with Crippen LogP contribution >= 0.6 is 0 Å². The molecule has 0 aliphatic carbocycles. The molecule has 0 unspecified atom stereocenters. The monoisotopic (exact) mass is 423 g/mol. The predicted molar refractivity (Wildman–Crippen MR) is 131 cm³/mol. The van der Waals surface area contributed by atoms with Gasteiger partial charge in [0.1, 0.15) is 18.5 Å². The third-order valence-electron chi connectivity index (χ3n) is 5.29. The summed E-state index contributed by atoms with van der Waals surface area (Å²) in [5.74, 6) is 1.66. The minimum atomic E-state index is 0.832. The summed E-state index contributed by atoms with van der Waals surface area (Å²) in [4.78, 5) is 2.21. The van der Waals surface area contributed by atoms with Crippen LogP contribution in [0, 0.1) is 0 Å². The quantitative estimate of drug-likeness (QED) is 0.333. The van der Waals surface area contributed by atoms with Gasteiger partial charge in [0.05, 0.1) is 14.2 Å². The maximum absolute atomic E-state index is 5.33.